The minimum absolute atomic E-state index is 0. The normalized spacial score (nSPS) is 8.43. The quantitative estimate of drug-likeness (QED) is 0.287. The molecule has 0 bridgehead atoms. The van der Waals surface area contributed by atoms with Gasteiger partial charge in [-0.3, -0.25) is 0 Å². The van der Waals surface area contributed by atoms with Crippen LogP contribution in [0.4, 0.5) is 0 Å². The topological polar surface area (TPSA) is 118 Å². The summed E-state index contributed by atoms with van der Waals surface area (Å²) in [7, 11) is -5.14. The van der Waals surface area contributed by atoms with Crippen molar-refractivity contribution in [3.8, 4) is 0 Å². The molecule has 0 heterocycles. The SMILES string of the molecule is N.O=P([O-])([O-])O.[Al+2]. The van der Waals surface area contributed by atoms with Gasteiger partial charge in [0.25, 0.3) is 0 Å². The van der Waals surface area contributed by atoms with Gasteiger partial charge in [-0.15, -0.1) is 0 Å². The summed E-state index contributed by atoms with van der Waals surface area (Å²) < 4.78 is 8.66. The number of hydrogen-bond donors (Lipinski definition) is 2. The van der Waals surface area contributed by atoms with Crippen LogP contribution in [-0.4, -0.2) is 22.3 Å². The molecule has 1 radical (unpaired) electrons. The van der Waals surface area contributed by atoms with E-state index in [2.05, 4.69) is 0 Å². The van der Waals surface area contributed by atoms with E-state index >= 15 is 0 Å². The fraction of sp³-hybridized carbons (Fsp3) is 0. The van der Waals surface area contributed by atoms with Crippen LogP contribution in [-0.2, 0) is 4.57 Å². The van der Waals surface area contributed by atoms with E-state index < -0.39 is 7.82 Å². The zero-order chi connectivity index (χ0) is 4.50. The molecule has 0 spiro atoms. The van der Waals surface area contributed by atoms with Crippen molar-refractivity contribution in [1.82, 2.24) is 6.15 Å². The zero-order valence-corrected chi connectivity index (χ0v) is 5.45. The second kappa shape index (κ2) is 4.75. The molecule has 7 heavy (non-hydrogen) atoms. The Morgan fingerprint density at radius 1 is 1.43 bits per heavy atom. The average Bonchev–Trinajstić information content (AvgIpc) is 0.722. The Bertz CT molecular complexity index is 57.8. The fourth-order valence-electron chi connectivity index (χ4n) is 0. The van der Waals surface area contributed by atoms with Crippen LogP contribution in [0.2, 0.25) is 0 Å². The second-order valence-corrected chi connectivity index (χ2v) is 1.41. The molecular formula is H4AlNO4P. The van der Waals surface area contributed by atoms with Crippen molar-refractivity contribution in [1.29, 1.82) is 0 Å². The fourth-order valence-corrected chi connectivity index (χ4v) is 0. The van der Waals surface area contributed by atoms with Gasteiger partial charge in [0, 0.05) is 0 Å². The summed E-state index contributed by atoms with van der Waals surface area (Å²) >= 11 is 0. The van der Waals surface area contributed by atoms with Gasteiger partial charge in [0.2, 0.25) is 0 Å². The molecular weight excluding hydrogens is 136 g/mol. The molecule has 0 atom stereocenters. The van der Waals surface area contributed by atoms with E-state index in [9.17, 15) is 0 Å². The van der Waals surface area contributed by atoms with Crippen molar-refractivity contribution in [2.75, 3.05) is 0 Å². The maximum atomic E-state index is 8.66. The van der Waals surface area contributed by atoms with E-state index in [-0.39, 0.29) is 23.5 Å². The molecule has 0 aromatic rings. The van der Waals surface area contributed by atoms with Gasteiger partial charge in [-0.25, -0.2) is 0 Å². The van der Waals surface area contributed by atoms with Crippen molar-refractivity contribution in [2.24, 2.45) is 0 Å². The summed E-state index contributed by atoms with van der Waals surface area (Å²) in [6.45, 7) is 0. The Morgan fingerprint density at radius 2 is 1.43 bits per heavy atom. The van der Waals surface area contributed by atoms with Gasteiger partial charge in [-0.1, -0.05) is 0 Å². The monoisotopic (exact) mass is 140 g/mol. The molecule has 0 aliphatic heterocycles. The van der Waals surface area contributed by atoms with E-state index in [4.69, 9.17) is 19.2 Å². The van der Waals surface area contributed by atoms with E-state index in [0.717, 1.165) is 0 Å². The van der Waals surface area contributed by atoms with Gasteiger partial charge in [-0.05, 0) is 0 Å². The van der Waals surface area contributed by atoms with E-state index in [1.165, 1.54) is 0 Å². The van der Waals surface area contributed by atoms with E-state index in [1.54, 1.807) is 0 Å². The molecule has 0 saturated carbocycles. The molecule has 0 aromatic heterocycles. The molecule has 4 N–H and O–H groups in total. The van der Waals surface area contributed by atoms with Gasteiger partial charge >= 0.3 is 17.4 Å². The predicted octanol–water partition coefficient (Wildman–Crippen LogP) is -2.41. The van der Waals surface area contributed by atoms with Crippen molar-refractivity contribution in [3.63, 3.8) is 0 Å². The Labute approximate surface area is 51.3 Å². The summed E-state index contributed by atoms with van der Waals surface area (Å²) in [5.74, 6) is 0. The molecule has 0 aromatic carbocycles. The summed E-state index contributed by atoms with van der Waals surface area (Å²) in [5.41, 5.74) is 0. The van der Waals surface area contributed by atoms with E-state index in [0.29, 0.717) is 0 Å². The third kappa shape index (κ3) is 385. The van der Waals surface area contributed by atoms with Crippen LogP contribution in [0.15, 0.2) is 0 Å². The van der Waals surface area contributed by atoms with Gasteiger partial charge in [0.1, 0.15) is 0 Å². The summed E-state index contributed by atoms with van der Waals surface area (Å²) in [6, 6.07) is 0. The summed E-state index contributed by atoms with van der Waals surface area (Å²) in [4.78, 5) is 24.3. The maximum absolute atomic E-state index is 8.66. The minimum Gasteiger partial charge on any atom is -0.790 e. The minimum atomic E-state index is -5.14. The molecule has 5 nitrogen and oxygen atoms in total. The zero-order valence-electron chi connectivity index (χ0n) is 3.40. The Hall–Kier alpha value is 0.602. The molecule has 0 aliphatic carbocycles. The molecule has 0 fully saturated rings. The molecule has 7 heteroatoms. The van der Waals surface area contributed by atoms with Crippen LogP contribution in [0, 0.1) is 0 Å². The maximum Gasteiger partial charge on any atom is 2.00 e. The Balaban J connectivity index is -0.0000000800. The van der Waals surface area contributed by atoms with Crippen LogP contribution >= 0.6 is 7.82 Å². The van der Waals surface area contributed by atoms with Crippen molar-refractivity contribution >= 4 is 25.2 Å². The molecule has 0 amide bonds. The van der Waals surface area contributed by atoms with Gasteiger partial charge in [0.05, 0.1) is 7.82 Å². The van der Waals surface area contributed by atoms with Crippen LogP contribution in [0.5, 0.6) is 0 Å². The molecule has 41 valence electrons. The largest absolute Gasteiger partial charge is 2.00 e. The first kappa shape index (κ1) is 15.6. The van der Waals surface area contributed by atoms with Gasteiger partial charge < -0.3 is 25.4 Å². The Kier molecular flexibility index (Phi) is 10.6. The van der Waals surface area contributed by atoms with Crippen LogP contribution in [0.3, 0.4) is 0 Å². The number of phosphoric acid groups is 1. The number of hydrogen-bond acceptors (Lipinski definition) is 4. The van der Waals surface area contributed by atoms with Crippen LogP contribution in [0.1, 0.15) is 0 Å². The molecule has 0 unspecified atom stereocenters. The predicted molar refractivity (Wildman–Crippen MR) is 20.6 cm³/mol. The van der Waals surface area contributed by atoms with Crippen molar-refractivity contribution in [2.45, 2.75) is 0 Å². The summed E-state index contributed by atoms with van der Waals surface area (Å²) in [5, 5.41) is 0. The first-order valence-corrected chi connectivity index (χ1v) is 2.24. The van der Waals surface area contributed by atoms with Gasteiger partial charge in [0.15, 0.2) is 0 Å². The summed E-state index contributed by atoms with van der Waals surface area (Å²) in [6.07, 6.45) is 0. The number of rotatable bonds is 0. The third-order valence-electron chi connectivity index (χ3n) is 0. The molecule has 0 saturated heterocycles. The van der Waals surface area contributed by atoms with Crippen molar-refractivity contribution in [3.05, 3.63) is 0 Å². The van der Waals surface area contributed by atoms with Gasteiger partial charge in [-0.2, -0.15) is 0 Å². The first-order valence-electron chi connectivity index (χ1n) is 0.748. The van der Waals surface area contributed by atoms with Crippen LogP contribution < -0.4 is 15.9 Å². The van der Waals surface area contributed by atoms with Crippen molar-refractivity contribution < 1.29 is 19.2 Å². The molecule has 0 rings (SSSR count). The smallest absolute Gasteiger partial charge is 0.790 e. The standard InChI is InChI=1S/Al.H3N.H3O4P/c;;1-5(2,3)4/h;1H3;(H3,1,2,3,4)/q+2;;/p-2. The molecule has 0 aliphatic rings. The van der Waals surface area contributed by atoms with Crippen LogP contribution in [0.25, 0.3) is 0 Å². The van der Waals surface area contributed by atoms with E-state index in [1.807, 2.05) is 0 Å². The Morgan fingerprint density at radius 3 is 1.43 bits per heavy atom. The second-order valence-electron chi connectivity index (χ2n) is 0.469. The third-order valence-corrected chi connectivity index (χ3v) is 0. The first-order chi connectivity index (χ1) is 2.00. The average molecular weight is 140 g/mol.